The first-order valence-electron chi connectivity index (χ1n) is 6.45. The Kier molecular flexibility index (Phi) is 5.48. The Labute approximate surface area is 133 Å². The Bertz CT molecular complexity index is 614. The third kappa shape index (κ3) is 4.13. The van der Waals surface area contributed by atoms with Gasteiger partial charge < -0.3 is 9.47 Å². The molecule has 0 radical (unpaired) electrons. The van der Waals surface area contributed by atoms with Gasteiger partial charge in [-0.2, -0.15) is 0 Å². The fourth-order valence-electron chi connectivity index (χ4n) is 1.78. The molecule has 2 rings (SSSR count). The van der Waals surface area contributed by atoms with E-state index in [0.717, 1.165) is 0 Å². The molecule has 0 aromatic heterocycles. The first kappa shape index (κ1) is 15.7. The van der Waals surface area contributed by atoms with Crippen molar-refractivity contribution in [2.75, 3.05) is 6.61 Å². The van der Waals surface area contributed by atoms with E-state index in [0.29, 0.717) is 21.4 Å². The fraction of sp³-hybridized carbons (Fsp3) is 0.188. The Balaban J connectivity index is 2.27. The maximum atomic E-state index is 12.1. The summed E-state index contributed by atoms with van der Waals surface area (Å²) in [5, 5.41) is 0.793. The summed E-state index contributed by atoms with van der Waals surface area (Å²) in [5.41, 5.74) is 0.710. The molecule has 5 heteroatoms. The molecule has 0 aliphatic carbocycles. The van der Waals surface area contributed by atoms with E-state index >= 15 is 0 Å². The monoisotopic (exact) mass is 324 g/mol. The minimum absolute atomic E-state index is 0.285. The van der Waals surface area contributed by atoms with Crippen LogP contribution in [0.4, 0.5) is 0 Å². The van der Waals surface area contributed by atoms with Gasteiger partial charge in [-0.05, 0) is 19.1 Å². The molecule has 3 nitrogen and oxygen atoms in total. The molecule has 0 aliphatic rings. The number of carbonyl (C=O) groups is 1. The molecule has 0 fully saturated rings. The Morgan fingerprint density at radius 3 is 2.43 bits per heavy atom. The molecule has 0 amide bonds. The van der Waals surface area contributed by atoms with E-state index in [1.165, 1.54) is 0 Å². The van der Waals surface area contributed by atoms with Gasteiger partial charge in [0.2, 0.25) is 6.10 Å². The molecule has 1 atom stereocenters. The second-order valence-corrected chi connectivity index (χ2v) is 5.05. The van der Waals surface area contributed by atoms with E-state index in [9.17, 15) is 4.79 Å². The van der Waals surface area contributed by atoms with Gasteiger partial charge in [0.15, 0.2) is 0 Å². The van der Waals surface area contributed by atoms with Crippen molar-refractivity contribution in [3.05, 3.63) is 64.1 Å². The number of hydrogen-bond acceptors (Lipinski definition) is 3. The van der Waals surface area contributed by atoms with Crippen LogP contribution in [0.2, 0.25) is 10.0 Å². The van der Waals surface area contributed by atoms with Gasteiger partial charge in [0.1, 0.15) is 5.75 Å². The third-order valence-electron chi connectivity index (χ3n) is 2.75. The number of ether oxygens (including phenoxy) is 2. The Morgan fingerprint density at radius 1 is 1.10 bits per heavy atom. The molecular weight excluding hydrogens is 311 g/mol. The van der Waals surface area contributed by atoms with Gasteiger partial charge in [-0.15, -0.1) is 0 Å². The summed E-state index contributed by atoms with van der Waals surface area (Å²) in [7, 11) is 0. The number of benzene rings is 2. The van der Waals surface area contributed by atoms with Gasteiger partial charge in [-0.3, -0.25) is 0 Å². The molecule has 0 saturated carbocycles. The van der Waals surface area contributed by atoms with E-state index < -0.39 is 12.1 Å². The predicted molar refractivity (Wildman–Crippen MR) is 82.9 cm³/mol. The van der Waals surface area contributed by atoms with Crippen LogP contribution >= 0.6 is 23.2 Å². The standard InChI is InChI=1S/C16H14Cl2O3/c1-2-20-16(19)15(11-6-4-3-5-7-11)21-12-8-9-13(17)14(18)10-12/h3-10,15H,2H2,1H3. The molecule has 110 valence electrons. The first-order valence-corrected chi connectivity index (χ1v) is 7.20. The van der Waals surface area contributed by atoms with Crippen LogP contribution in [0.15, 0.2) is 48.5 Å². The van der Waals surface area contributed by atoms with E-state index in [2.05, 4.69) is 0 Å². The quantitative estimate of drug-likeness (QED) is 0.749. The van der Waals surface area contributed by atoms with E-state index in [1.54, 1.807) is 37.3 Å². The van der Waals surface area contributed by atoms with Gasteiger partial charge in [0, 0.05) is 11.6 Å². The van der Waals surface area contributed by atoms with Crippen molar-refractivity contribution in [3.8, 4) is 5.75 Å². The molecule has 2 aromatic carbocycles. The highest BCUT2D eigenvalue weighted by molar-refractivity contribution is 6.42. The molecule has 0 saturated heterocycles. The van der Waals surface area contributed by atoms with Gasteiger partial charge in [-0.1, -0.05) is 53.5 Å². The van der Waals surface area contributed by atoms with Crippen LogP contribution in [-0.2, 0) is 9.53 Å². The summed E-state index contributed by atoms with van der Waals surface area (Å²) in [5.74, 6) is 0.000999. The zero-order chi connectivity index (χ0) is 15.2. The van der Waals surface area contributed by atoms with E-state index in [4.69, 9.17) is 32.7 Å². The van der Waals surface area contributed by atoms with Crippen molar-refractivity contribution in [2.24, 2.45) is 0 Å². The summed E-state index contributed by atoms with van der Waals surface area (Å²) in [6, 6.07) is 14.0. The predicted octanol–water partition coefficient (Wildman–Crippen LogP) is 4.68. The van der Waals surface area contributed by atoms with Crippen LogP contribution in [-0.4, -0.2) is 12.6 Å². The van der Waals surface area contributed by atoms with Gasteiger partial charge in [0.25, 0.3) is 0 Å². The number of halogens is 2. The molecule has 1 unspecified atom stereocenters. The van der Waals surface area contributed by atoms with Crippen LogP contribution in [0.1, 0.15) is 18.6 Å². The molecule has 0 bridgehead atoms. The number of esters is 1. The molecule has 0 spiro atoms. The van der Waals surface area contributed by atoms with Crippen molar-refractivity contribution >= 4 is 29.2 Å². The minimum Gasteiger partial charge on any atom is -0.474 e. The highest BCUT2D eigenvalue weighted by Gasteiger charge is 2.24. The summed E-state index contributed by atoms with van der Waals surface area (Å²) in [4.78, 5) is 12.1. The lowest BCUT2D eigenvalue weighted by Gasteiger charge is -2.18. The van der Waals surface area contributed by atoms with Gasteiger partial charge in [0.05, 0.1) is 16.7 Å². The van der Waals surface area contributed by atoms with Crippen molar-refractivity contribution < 1.29 is 14.3 Å². The zero-order valence-corrected chi connectivity index (χ0v) is 12.9. The lowest BCUT2D eigenvalue weighted by atomic mass is 10.1. The lowest BCUT2D eigenvalue weighted by molar-refractivity contribution is -0.151. The van der Waals surface area contributed by atoms with E-state index in [-0.39, 0.29) is 6.61 Å². The second kappa shape index (κ2) is 7.34. The van der Waals surface area contributed by atoms with Crippen LogP contribution < -0.4 is 4.74 Å². The topological polar surface area (TPSA) is 35.5 Å². The molecule has 0 heterocycles. The van der Waals surface area contributed by atoms with Crippen LogP contribution in [0.3, 0.4) is 0 Å². The maximum Gasteiger partial charge on any atom is 0.352 e. The van der Waals surface area contributed by atoms with Gasteiger partial charge >= 0.3 is 5.97 Å². The smallest absolute Gasteiger partial charge is 0.352 e. The largest absolute Gasteiger partial charge is 0.474 e. The SMILES string of the molecule is CCOC(=O)C(Oc1ccc(Cl)c(Cl)c1)c1ccccc1. The average Bonchev–Trinajstić information content (AvgIpc) is 2.49. The second-order valence-electron chi connectivity index (χ2n) is 4.24. The summed E-state index contributed by atoms with van der Waals surface area (Å²) < 4.78 is 10.8. The van der Waals surface area contributed by atoms with Crippen molar-refractivity contribution in [1.29, 1.82) is 0 Å². The highest BCUT2D eigenvalue weighted by Crippen LogP contribution is 2.29. The molecule has 21 heavy (non-hydrogen) atoms. The van der Waals surface area contributed by atoms with Crippen LogP contribution in [0.25, 0.3) is 0 Å². The summed E-state index contributed by atoms with van der Waals surface area (Å²) >= 11 is 11.8. The molecule has 0 aliphatic heterocycles. The van der Waals surface area contributed by atoms with Crippen LogP contribution in [0, 0.1) is 0 Å². The summed E-state index contributed by atoms with van der Waals surface area (Å²) in [6.45, 7) is 2.03. The Hall–Kier alpha value is -1.71. The van der Waals surface area contributed by atoms with Crippen molar-refractivity contribution in [1.82, 2.24) is 0 Å². The maximum absolute atomic E-state index is 12.1. The highest BCUT2D eigenvalue weighted by atomic mass is 35.5. The Morgan fingerprint density at radius 2 is 1.81 bits per heavy atom. The molecule has 0 N–H and O–H groups in total. The molecular formula is C16H14Cl2O3. The summed E-state index contributed by atoms with van der Waals surface area (Å²) in [6.07, 6.45) is -0.844. The number of hydrogen-bond donors (Lipinski definition) is 0. The van der Waals surface area contributed by atoms with E-state index in [1.807, 2.05) is 18.2 Å². The van der Waals surface area contributed by atoms with Crippen molar-refractivity contribution in [2.45, 2.75) is 13.0 Å². The third-order valence-corrected chi connectivity index (χ3v) is 3.49. The number of rotatable bonds is 5. The minimum atomic E-state index is -0.844. The first-order chi connectivity index (χ1) is 10.1. The normalized spacial score (nSPS) is 11.8. The average molecular weight is 325 g/mol. The number of carbonyl (C=O) groups excluding carboxylic acids is 1. The molecule has 2 aromatic rings. The van der Waals surface area contributed by atoms with Crippen LogP contribution in [0.5, 0.6) is 5.75 Å². The lowest BCUT2D eigenvalue weighted by Crippen LogP contribution is -2.21. The van der Waals surface area contributed by atoms with Crippen molar-refractivity contribution in [3.63, 3.8) is 0 Å². The fourth-order valence-corrected chi connectivity index (χ4v) is 2.07. The van der Waals surface area contributed by atoms with Gasteiger partial charge in [-0.25, -0.2) is 4.79 Å². The zero-order valence-electron chi connectivity index (χ0n) is 11.4.